The first kappa shape index (κ1) is 15.3. The van der Waals surface area contributed by atoms with E-state index in [0.717, 1.165) is 12.8 Å². The van der Waals surface area contributed by atoms with Gasteiger partial charge in [0.2, 0.25) is 11.8 Å². The van der Waals surface area contributed by atoms with Crippen LogP contribution >= 0.6 is 0 Å². The Morgan fingerprint density at radius 3 is 2.60 bits per heavy atom. The summed E-state index contributed by atoms with van der Waals surface area (Å²) in [6.07, 6.45) is 8.02. The van der Waals surface area contributed by atoms with Crippen LogP contribution in [0, 0.1) is 5.92 Å². The molecule has 1 saturated heterocycles. The minimum Gasteiger partial charge on any atom is -0.396 e. The van der Waals surface area contributed by atoms with Gasteiger partial charge in [0, 0.05) is 32.2 Å². The van der Waals surface area contributed by atoms with E-state index in [0.29, 0.717) is 32.0 Å². The number of hydrogen-bond acceptors (Lipinski definition) is 3. The van der Waals surface area contributed by atoms with E-state index in [-0.39, 0.29) is 24.3 Å². The highest BCUT2D eigenvalue weighted by Gasteiger charge is 2.37. The second-order valence-electron chi connectivity index (χ2n) is 5.96. The third kappa shape index (κ3) is 3.95. The molecule has 0 aromatic carbocycles. The molecule has 1 unspecified atom stereocenters. The molecule has 0 radical (unpaired) electrons. The quantitative estimate of drug-likeness (QED) is 0.585. The Hall–Kier alpha value is -1.10. The Kier molecular flexibility index (Phi) is 5.83. The molecule has 0 spiro atoms. The Balaban J connectivity index is 1.84. The molecule has 1 atom stereocenters. The second-order valence-corrected chi connectivity index (χ2v) is 5.96. The summed E-state index contributed by atoms with van der Waals surface area (Å²) in [7, 11) is 0. The zero-order valence-corrected chi connectivity index (χ0v) is 12.1. The van der Waals surface area contributed by atoms with E-state index in [1.54, 1.807) is 0 Å². The van der Waals surface area contributed by atoms with Crippen molar-refractivity contribution in [3.63, 3.8) is 0 Å². The number of likely N-dealkylation sites (tertiary alicyclic amines) is 1. The summed E-state index contributed by atoms with van der Waals surface area (Å²) in [6, 6.07) is 0.347. The van der Waals surface area contributed by atoms with Crippen molar-refractivity contribution in [2.24, 2.45) is 5.92 Å². The van der Waals surface area contributed by atoms with Crippen LogP contribution in [-0.4, -0.2) is 47.6 Å². The number of rotatable bonds is 5. The van der Waals surface area contributed by atoms with Gasteiger partial charge in [-0.25, -0.2) is 0 Å². The van der Waals surface area contributed by atoms with Gasteiger partial charge in [0.05, 0.1) is 5.92 Å². The van der Waals surface area contributed by atoms with Crippen LogP contribution < -0.4 is 5.32 Å². The van der Waals surface area contributed by atoms with E-state index >= 15 is 0 Å². The molecule has 1 aliphatic heterocycles. The molecule has 0 aromatic rings. The van der Waals surface area contributed by atoms with Crippen LogP contribution in [-0.2, 0) is 9.59 Å². The summed E-state index contributed by atoms with van der Waals surface area (Å²) >= 11 is 0. The van der Waals surface area contributed by atoms with E-state index in [1.165, 1.54) is 25.7 Å². The highest BCUT2D eigenvalue weighted by molar-refractivity contribution is 5.89. The first-order valence-electron chi connectivity index (χ1n) is 7.90. The van der Waals surface area contributed by atoms with Gasteiger partial charge >= 0.3 is 0 Å². The van der Waals surface area contributed by atoms with E-state index in [4.69, 9.17) is 5.11 Å². The van der Waals surface area contributed by atoms with Crippen LogP contribution in [0.2, 0.25) is 0 Å². The molecule has 2 aliphatic rings. The van der Waals surface area contributed by atoms with Gasteiger partial charge in [-0.1, -0.05) is 25.7 Å². The van der Waals surface area contributed by atoms with Crippen LogP contribution in [0.1, 0.15) is 51.4 Å². The van der Waals surface area contributed by atoms with Crippen molar-refractivity contribution in [3.8, 4) is 0 Å². The lowest BCUT2D eigenvalue weighted by Crippen LogP contribution is -2.38. The lowest BCUT2D eigenvalue weighted by Gasteiger charge is -2.27. The molecule has 114 valence electrons. The molecule has 1 aliphatic carbocycles. The number of amides is 2. The summed E-state index contributed by atoms with van der Waals surface area (Å²) in [4.78, 5) is 26.1. The Morgan fingerprint density at radius 2 is 1.95 bits per heavy atom. The highest BCUT2D eigenvalue weighted by atomic mass is 16.3. The number of aliphatic hydroxyl groups is 1. The molecular weight excluding hydrogens is 256 g/mol. The predicted octanol–water partition coefficient (Wildman–Crippen LogP) is 1.06. The first-order chi connectivity index (χ1) is 9.72. The van der Waals surface area contributed by atoms with E-state index in [1.807, 2.05) is 4.90 Å². The third-order valence-electron chi connectivity index (χ3n) is 4.43. The number of hydrogen-bond donors (Lipinski definition) is 2. The van der Waals surface area contributed by atoms with Gasteiger partial charge in [0.15, 0.2) is 0 Å². The average molecular weight is 282 g/mol. The lowest BCUT2D eigenvalue weighted by atomic mass is 10.1. The maximum Gasteiger partial charge on any atom is 0.225 e. The Morgan fingerprint density at radius 1 is 1.25 bits per heavy atom. The second kappa shape index (κ2) is 7.62. The van der Waals surface area contributed by atoms with Crippen molar-refractivity contribution < 1.29 is 14.7 Å². The van der Waals surface area contributed by atoms with Crippen LogP contribution in [0.15, 0.2) is 0 Å². The molecule has 20 heavy (non-hydrogen) atoms. The SMILES string of the molecule is O=C(NCCCO)C1CC(=O)N(C2CCCCCC2)C1. The highest BCUT2D eigenvalue weighted by Crippen LogP contribution is 2.28. The summed E-state index contributed by atoms with van der Waals surface area (Å²) in [6.45, 7) is 1.15. The molecule has 5 heteroatoms. The van der Waals surface area contributed by atoms with E-state index < -0.39 is 0 Å². The van der Waals surface area contributed by atoms with Gasteiger partial charge in [-0.15, -0.1) is 0 Å². The van der Waals surface area contributed by atoms with Gasteiger partial charge in [-0.2, -0.15) is 0 Å². The molecule has 1 heterocycles. The Labute approximate surface area is 120 Å². The van der Waals surface area contributed by atoms with Crippen LogP contribution in [0.25, 0.3) is 0 Å². The normalized spacial score (nSPS) is 24.8. The maximum absolute atomic E-state index is 12.1. The Bertz CT molecular complexity index is 338. The number of carbonyl (C=O) groups is 2. The lowest BCUT2D eigenvalue weighted by molar-refractivity contribution is -0.130. The number of carbonyl (C=O) groups excluding carboxylic acids is 2. The summed E-state index contributed by atoms with van der Waals surface area (Å²) in [5, 5.41) is 11.5. The molecule has 2 N–H and O–H groups in total. The summed E-state index contributed by atoms with van der Waals surface area (Å²) in [5.41, 5.74) is 0. The van der Waals surface area contributed by atoms with Gasteiger partial charge < -0.3 is 15.3 Å². The minimum atomic E-state index is -0.204. The zero-order valence-electron chi connectivity index (χ0n) is 12.1. The van der Waals surface area contributed by atoms with Gasteiger partial charge in [-0.05, 0) is 19.3 Å². The van der Waals surface area contributed by atoms with Crippen molar-refractivity contribution in [2.45, 2.75) is 57.4 Å². The van der Waals surface area contributed by atoms with Gasteiger partial charge in [0.25, 0.3) is 0 Å². The van der Waals surface area contributed by atoms with Crippen molar-refractivity contribution in [1.82, 2.24) is 10.2 Å². The smallest absolute Gasteiger partial charge is 0.225 e. The van der Waals surface area contributed by atoms with Crippen LogP contribution in [0.3, 0.4) is 0 Å². The van der Waals surface area contributed by atoms with Gasteiger partial charge in [0.1, 0.15) is 0 Å². The molecule has 0 bridgehead atoms. The molecule has 2 rings (SSSR count). The average Bonchev–Trinajstić information content (AvgIpc) is 2.66. The molecular formula is C15H26N2O3. The van der Waals surface area contributed by atoms with E-state index in [2.05, 4.69) is 5.32 Å². The fraction of sp³-hybridized carbons (Fsp3) is 0.867. The predicted molar refractivity (Wildman–Crippen MR) is 76.0 cm³/mol. The van der Waals surface area contributed by atoms with E-state index in [9.17, 15) is 9.59 Å². The first-order valence-corrected chi connectivity index (χ1v) is 7.90. The van der Waals surface area contributed by atoms with Crippen LogP contribution in [0.5, 0.6) is 0 Å². The molecule has 5 nitrogen and oxygen atoms in total. The van der Waals surface area contributed by atoms with Gasteiger partial charge in [-0.3, -0.25) is 9.59 Å². The number of aliphatic hydroxyl groups excluding tert-OH is 1. The molecule has 2 fully saturated rings. The topological polar surface area (TPSA) is 69.6 Å². The third-order valence-corrected chi connectivity index (χ3v) is 4.43. The largest absolute Gasteiger partial charge is 0.396 e. The maximum atomic E-state index is 12.1. The molecule has 0 aromatic heterocycles. The van der Waals surface area contributed by atoms with Crippen molar-refractivity contribution >= 4 is 11.8 Å². The fourth-order valence-electron chi connectivity index (χ4n) is 3.26. The van der Waals surface area contributed by atoms with Crippen molar-refractivity contribution in [3.05, 3.63) is 0 Å². The summed E-state index contributed by atoms with van der Waals surface area (Å²) in [5.74, 6) is -0.105. The molecule has 2 amide bonds. The van der Waals surface area contributed by atoms with Crippen LogP contribution in [0.4, 0.5) is 0 Å². The number of nitrogens with one attached hydrogen (secondary N) is 1. The van der Waals surface area contributed by atoms with Crippen molar-refractivity contribution in [2.75, 3.05) is 19.7 Å². The fourth-order valence-corrected chi connectivity index (χ4v) is 3.26. The van der Waals surface area contributed by atoms with Crippen molar-refractivity contribution in [1.29, 1.82) is 0 Å². The monoisotopic (exact) mass is 282 g/mol. The zero-order chi connectivity index (χ0) is 14.4. The minimum absolute atomic E-state index is 0.0390. The molecule has 1 saturated carbocycles. The summed E-state index contributed by atoms with van der Waals surface area (Å²) < 4.78 is 0. The number of nitrogens with zero attached hydrogens (tertiary/aromatic N) is 1. The standard InChI is InChI=1S/C15H26N2O3/c18-9-5-8-16-15(20)12-10-14(19)17(11-12)13-6-3-1-2-4-7-13/h12-13,18H,1-11H2,(H,16,20).